The fourth-order valence-electron chi connectivity index (χ4n) is 1.44. The van der Waals surface area contributed by atoms with Crippen LogP contribution in [-0.2, 0) is 19.5 Å². The number of fused-ring (bicyclic) bond motifs is 1. The second-order valence-corrected chi connectivity index (χ2v) is 3.58. The highest BCUT2D eigenvalue weighted by Crippen LogP contribution is 2.26. The summed E-state index contributed by atoms with van der Waals surface area (Å²) in [6.45, 7) is 4.41. The molecule has 0 saturated carbocycles. The van der Waals surface area contributed by atoms with E-state index >= 15 is 0 Å². The quantitative estimate of drug-likeness (QED) is 0.715. The third-order valence-electron chi connectivity index (χ3n) is 2.01. The van der Waals surface area contributed by atoms with E-state index in [4.69, 9.17) is 0 Å². The van der Waals surface area contributed by atoms with Crippen LogP contribution in [0, 0.1) is 0 Å². The van der Waals surface area contributed by atoms with Crippen molar-refractivity contribution in [1.82, 2.24) is 5.32 Å². The minimum atomic E-state index is 0. The molecule has 0 amide bonds. The molecule has 1 nitrogen and oxygen atoms in total. The molecule has 0 saturated heterocycles. The summed E-state index contributed by atoms with van der Waals surface area (Å²) in [6, 6.07) is 0. The van der Waals surface area contributed by atoms with Crippen molar-refractivity contribution in [3.05, 3.63) is 21.4 Å². The molecule has 1 N–H and O–H groups in total. The van der Waals surface area contributed by atoms with Gasteiger partial charge in [-0.1, -0.05) is 6.92 Å². The predicted molar refractivity (Wildman–Crippen MR) is 51.5 cm³/mol. The summed E-state index contributed by atoms with van der Waals surface area (Å²) in [5.41, 5.74) is 3.11. The molecule has 1 aromatic rings. The van der Waals surface area contributed by atoms with E-state index in [0.29, 0.717) is 0 Å². The van der Waals surface area contributed by atoms with Crippen molar-refractivity contribution in [2.75, 3.05) is 0 Å². The Labute approximate surface area is 77.2 Å². The lowest BCUT2D eigenvalue weighted by atomic mass is 10.2. The zero-order chi connectivity index (χ0) is 6.97. The van der Waals surface area contributed by atoms with Gasteiger partial charge < -0.3 is 5.32 Å². The first-order valence-corrected chi connectivity index (χ1v) is 4.58. The first-order valence-electron chi connectivity index (χ1n) is 3.70. The van der Waals surface area contributed by atoms with Gasteiger partial charge in [-0.05, 0) is 22.9 Å². The van der Waals surface area contributed by atoms with E-state index in [1.807, 2.05) is 11.3 Å². The average molecular weight is 190 g/mol. The van der Waals surface area contributed by atoms with Gasteiger partial charge in [-0.15, -0.1) is 23.7 Å². The van der Waals surface area contributed by atoms with Gasteiger partial charge in [0.15, 0.2) is 0 Å². The molecule has 0 bridgehead atoms. The van der Waals surface area contributed by atoms with Gasteiger partial charge in [-0.3, -0.25) is 0 Å². The lowest BCUT2D eigenvalue weighted by Crippen LogP contribution is -2.01. The standard InChI is InChI=1S/C8H11NS.ClH/c1-2-8-7-4-9-3-6(7)5-10-8;/h5,9H,2-4H2,1H3;1H. The summed E-state index contributed by atoms with van der Waals surface area (Å²) in [6.07, 6.45) is 1.20. The molecule has 1 aliphatic rings. The summed E-state index contributed by atoms with van der Waals surface area (Å²) in [5, 5.41) is 5.63. The molecule has 62 valence electrons. The maximum atomic E-state index is 3.35. The highest BCUT2D eigenvalue weighted by Gasteiger charge is 2.14. The van der Waals surface area contributed by atoms with Gasteiger partial charge in [-0.25, -0.2) is 0 Å². The van der Waals surface area contributed by atoms with Crippen molar-refractivity contribution in [3.63, 3.8) is 0 Å². The first-order chi connectivity index (χ1) is 4.92. The van der Waals surface area contributed by atoms with Crippen LogP contribution in [0.2, 0.25) is 0 Å². The van der Waals surface area contributed by atoms with Crippen LogP contribution in [0.25, 0.3) is 0 Å². The zero-order valence-electron chi connectivity index (χ0n) is 6.52. The van der Waals surface area contributed by atoms with Crippen LogP contribution in [0.1, 0.15) is 22.9 Å². The summed E-state index contributed by atoms with van der Waals surface area (Å²) in [5.74, 6) is 0. The number of aryl methyl sites for hydroxylation is 1. The topological polar surface area (TPSA) is 12.0 Å². The Morgan fingerprint density at radius 1 is 1.55 bits per heavy atom. The van der Waals surface area contributed by atoms with E-state index in [0.717, 1.165) is 13.1 Å². The number of halogens is 1. The lowest BCUT2D eigenvalue weighted by molar-refractivity contribution is 0.762. The van der Waals surface area contributed by atoms with Crippen LogP contribution in [0.5, 0.6) is 0 Å². The molecule has 0 fully saturated rings. The summed E-state index contributed by atoms with van der Waals surface area (Å²) < 4.78 is 0. The van der Waals surface area contributed by atoms with E-state index < -0.39 is 0 Å². The maximum absolute atomic E-state index is 3.35. The molecule has 0 radical (unpaired) electrons. The zero-order valence-corrected chi connectivity index (χ0v) is 8.15. The van der Waals surface area contributed by atoms with Crippen LogP contribution in [0.15, 0.2) is 5.38 Å². The van der Waals surface area contributed by atoms with Crippen LogP contribution >= 0.6 is 23.7 Å². The van der Waals surface area contributed by atoms with E-state index in [1.54, 1.807) is 10.4 Å². The van der Waals surface area contributed by atoms with E-state index in [9.17, 15) is 0 Å². The van der Waals surface area contributed by atoms with Gasteiger partial charge in [0, 0.05) is 18.0 Å². The highest BCUT2D eigenvalue weighted by atomic mass is 35.5. The molecule has 0 atom stereocenters. The summed E-state index contributed by atoms with van der Waals surface area (Å²) in [4.78, 5) is 1.57. The van der Waals surface area contributed by atoms with Gasteiger partial charge in [0.1, 0.15) is 0 Å². The molecule has 1 aliphatic heterocycles. The molecule has 0 spiro atoms. The molecule has 11 heavy (non-hydrogen) atoms. The first kappa shape index (κ1) is 9.04. The predicted octanol–water partition coefficient (Wildman–Crippen LogP) is 2.34. The summed E-state index contributed by atoms with van der Waals surface area (Å²) in [7, 11) is 0. The van der Waals surface area contributed by atoms with E-state index in [2.05, 4.69) is 17.6 Å². The Balaban J connectivity index is 0.000000605. The molecular weight excluding hydrogens is 178 g/mol. The minimum absolute atomic E-state index is 0. The van der Waals surface area contributed by atoms with Crippen molar-refractivity contribution >= 4 is 23.7 Å². The third kappa shape index (κ3) is 1.43. The smallest absolute Gasteiger partial charge is 0.0222 e. The Kier molecular flexibility index (Phi) is 2.93. The lowest BCUT2D eigenvalue weighted by Gasteiger charge is -1.93. The van der Waals surface area contributed by atoms with E-state index in [1.165, 1.54) is 12.0 Å². The van der Waals surface area contributed by atoms with Crippen molar-refractivity contribution < 1.29 is 0 Å². The van der Waals surface area contributed by atoms with Crippen molar-refractivity contribution in [3.8, 4) is 0 Å². The maximum Gasteiger partial charge on any atom is 0.0222 e. The Morgan fingerprint density at radius 2 is 2.36 bits per heavy atom. The van der Waals surface area contributed by atoms with Gasteiger partial charge in [0.05, 0.1) is 0 Å². The van der Waals surface area contributed by atoms with Crippen LogP contribution in [0.3, 0.4) is 0 Å². The Morgan fingerprint density at radius 3 is 3.09 bits per heavy atom. The second-order valence-electron chi connectivity index (χ2n) is 2.62. The van der Waals surface area contributed by atoms with Crippen LogP contribution < -0.4 is 5.32 Å². The molecule has 2 heterocycles. The third-order valence-corrected chi connectivity index (χ3v) is 3.23. The minimum Gasteiger partial charge on any atom is -0.309 e. The number of rotatable bonds is 1. The monoisotopic (exact) mass is 189 g/mol. The van der Waals surface area contributed by atoms with Gasteiger partial charge >= 0.3 is 0 Å². The molecule has 0 aliphatic carbocycles. The summed E-state index contributed by atoms with van der Waals surface area (Å²) >= 11 is 1.91. The second kappa shape index (κ2) is 3.57. The Bertz CT molecular complexity index is 244. The fraction of sp³-hybridized carbons (Fsp3) is 0.500. The molecular formula is C8H12ClNS. The highest BCUT2D eigenvalue weighted by molar-refractivity contribution is 7.10. The Hall–Kier alpha value is -0.0500. The molecule has 0 unspecified atom stereocenters. The number of nitrogens with one attached hydrogen (secondary N) is 1. The van der Waals surface area contributed by atoms with Gasteiger partial charge in [0.25, 0.3) is 0 Å². The largest absolute Gasteiger partial charge is 0.309 e. The van der Waals surface area contributed by atoms with Gasteiger partial charge in [-0.2, -0.15) is 0 Å². The molecule has 2 rings (SSSR count). The van der Waals surface area contributed by atoms with E-state index in [-0.39, 0.29) is 12.4 Å². The average Bonchev–Trinajstić information content (AvgIpc) is 2.44. The number of hydrogen-bond acceptors (Lipinski definition) is 2. The molecule has 0 aromatic carbocycles. The van der Waals surface area contributed by atoms with Crippen molar-refractivity contribution in [2.24, 2.45) is 0 Å². The molecule has 1 aromatic heterocycles. The van der Waals surface area contributed by atoms with Crippen LogP contribution in [0.4, 0.5) is 0 Å². The van der Waals surface area contributed by atoms with Crippen LogP contribution in [-0.4, -0.2) is 0 Å². The SMILES string of the molecule is CCc1scc2c1CNC2.Cl. The number of thiophene rings is 1. The van der Waals surface area contributed by atoms with Gasteiger partial charge in [0.2, 0.25) is 0 Å². The fourth-order valence-corrected chi connectivity index (χ4v) is 2.47. The van der Waals surface area contributed by atoms with Crippen molar-refractivity contribution in [1.29, 1.82) is 0 Å². The number of hydrogen-bond donors (Lipinski definition) is 1. The van der Waals surface area contributed by atoms with Crippen molar-refractivity contribution in [2.45, 2.75) is 26.4 Å². The molecule has 3 heteroatoms. The normalized spacial score (nSPS) is 14.3.